The maximum atomic E-state index is 12.4. The normalized spacial score (nSPS) is 29.8. The van der Waals surface area contributed by atoms with Gasteiger partial charge in [-0.3, -0.25) is 4.79 Å². The van der Waals surface area contributed by atoms with Gasteiger partial charge < -0.3 is 19.9 Å². The molecule has 2 N–H and O–H groups in total. The number of rotatable bonds is 8. The van der Waals surface area contributed by atoms with Gasteiger partial charge >= 0.3 is 12.0 Å². The van der Waals surface area contributed by atoms with Crippen LogP contribution in [-0.2, 0) is 22.6 Å². The molecular formula is C21H32N4O4. The Bertz CT molecular complexity index is 710. The average molecular weight is 405 g/mol. The van der Waals surface area contributed by atoms with Crippen molar-refractivity contribution in [3.63, 3.8) is 0 Å². The molecule has 1 aromatic heterocycles. The third-order valence-electron chi connectivity index (χ3n) is 6.49. The fourth-order valence-corrected chi connectivity index (χ4v) is 5.84. The van der Waals surface area contributed by atoms with Crippen LogP contribution in [0.4, 0.5) is 4.79 Å². The van der Waals surface area contributed by atoms with Crippen LogP contribution in [0.5, 0.6) is 0 Å². The number of hydrogen-bond acceptors (Lipinski definition) is 6. The van der Waals surface area contributed by atoms with Crippen molar-refractivity contribution in [2.75, 3.05) is 6.54 Å². The third-order valence-corrected chi connectivity index (χ3v) is 6.49. The second kappa shape index (κ2) is 8.32. The van der Waals surface area contributed by atoms with Crippen LogP contribution in [0.2, 0.25) is 0 Å². The van der Waals surface area contributed by atoms with Crippen molar-refractivity contribution in [3.05, 3.63) is 11.7 Å². The van der Waals surface area contributed by atoms with Gasteiger partial charge in [-0.2, -0.15) is 4.98 Å². The molecule has 160 valence electrons. The number of esters is 1. The summed E-state index contributed by atoms with van der Waals surface area (Å²) >= 11 is 0. The van der Waals surface area contributed by atoms with Crippen LogP contribution >= 0.6 is 0 Å². The minimum Gasteiger partial charge on any atom is -0.456 e. The Balaban J connectivity index is 1.14. The fraction of sp³-hybridized carbons (Fsp3) is 0.810. The number of carbonyl (C=O) groups excluding carboxylic acids is 2. The van der Waals surface area contributed by atoms with Crippen molar-refractivity contribution in [1.29, 1.82) is 0 Å². The van der Waals surface area contributed by atoms with Gasteiger partial charge in [0, 0.05) is 18.5 Å². The first-order valence-electron chi connectivity index (χ1n) is 10.9. The van der Waals surface area contributed by atoms with Crippen LogP contribution in [0.3, 0.4) is 0 Å². The zero-order chi connectivity index (χ0) is 20.4. The van der Waals surface area contributed by atoms with E-state index >= 15 is 0 Å². The second-order valence-corrected chi connectivity index (χ2v) is 9.69. The summed E-state index contributed by atoms with van der Waals surface area (Å²) in [7, 11) is 0. The summed E-state index contributed by atoms with van der Waals surface area (Å²) in [4.78, 5) is 28.5. The minimum absolute atomic E-state index is 0.0228. The summed E-state index contributed by atoms with van der Waals surface area (Å²) < 4.78 is 10.2. The molecule has 8 nitrogen and oxygen atoms in total. The van der Waals surface area contributed by atoms with Gasteiger partial charge in [-0.1, -0.05) is 19.0 Å². The zero-order valence-corrected chi connectivity index (χ0v) is 17.4. The number of ether oxygens (including phenoxy) is 1. The Morgan fingerprint density at radius 1 is 1.17 bits per heavy atom. The molecule has 0 aliphatic heterocycles. The zero-order valence-electron chi connectivity index (χ0n) is 17.4. The molecule has 4 bridgehead atoms. The SMILES string of the molecule is CC(C)Cc1noc(COC(=O)CCNC(=O)NC23CC4CC(CC(C4)C2)C3)n1. The van der Waals surface area contributed by atoms with E-state index in [-0.39, 0.29) is 31.1 Å². The summed E-state index contributed by atoms with van der Waals surface area (Å²) in [6, 6.07) is -0.171. The summed E-state index contributed by atoms with van der Waals surface area (Å²) in [6.45, 7) is 4.35. The molecule has 4 fully saturated rings. The van der Waals surface area contributed by atoms with Crippen LogP contribution in [-0.4, -0.2) is 34.2 Å². The lowest BCUT2D eigenvalue weighted by atomic mass is 9.53. The molecule has 1 heterocycles. The van der Waals surface area contributed by atoms with Gasteiger partial charge in [0.1, 0.15) is 0 Å². The van der Waals surface area contributed by atoms with Gasteiger partial charge in [0.2, 0.25) is 0 Å². The maximum Gasteiger partial charge on any atom is 0.315 e. The summed E-state index contributed by atoms with van der Waals surface area (Å²) in [6.07, 6.45) is 8.18. The summed E-state index contributed by atoms with van der Waals surface area (Å²) in [5.74, 6) is 3.28. The number of hydrogen-bond donors (Lipinski definition) is 2. The predicted molar refractivity (Wildman–Crippen MR) is 105 cm³/mol. The predicted octanol–water partition coefficient (Wildman–Crippen LogP) is 2.97. The number of carbonyl (C=O) groups is 2. The van der Waals surface area contributed by atoms with Crippen molar-refractivity contribution in [1.82, 2.24) is 20.8 Å². The molecule has 1 aromatic rings. The first-order valence-corrected chi connectivity index (χ1v) is 10.9. The number of urea groups is 1. The van der Waals surface area contributed by atoms with E-state index in [2.05, 4.69) is 34.6 Å². The number of amides is 2. The molecule has 0 atom stereocenters. The topological polar surface area (TPSA) is 106 Å². The van der Waals surface area contributed by atoms with Crippen molar-refractivity contribution in [2.24, 2.45) is 23.7 Å². The van der Waals surface area contributed by atoms with E-state index in [1.807, 2.05) is 0 Å². The van der Waals surface area contributed by atoms with Gasteiger partial charge in [0.15, 0.2) is 12.4 Å². The monoisotopic (exact) mass is 404 g/mol. The number of aromatic nitrogens is 2. The van der Waals surface area contributed by atoms with Crippen molar-refractivity contribution in [2.45, 2.75) is 77.4 Å². The second-order valence-electron chi connectivity index (χ2n) is 9.69. The lowest BCUT2D eigenvalue weighted by molar-refractivity contribution is -0.145. The molecular weight excluding hydrogens is 372 g/mol. The molecule has 0 unspecified atom stereocenters. The van der Waals surface area contributed by atoms with Crippen LogP contribution < -0.4 is 10.6 Å². The van der Waals surface area contributed by atoms with Crippen LogP contribution in [0.1, 0.15) is 70.5 Å². The highest BCUT2D eigenvalue weighted by atomic mass is 16.6. The van der Waals surface area contributed by atoms with E-state index < -0.39 is 5.97 Å². The van der Waals surface area contributed by atoms with E-state index in [4.69, 9.17) is 9.26 Å². The summed E-state index contributed by atoms with van der Waals surface area (Å²) in [5.41, 5.74) is -0.0228. The number of nitrogens with zero attached hydrogens (tertiary/aromatic N) is 2. The third kappa shape index (κ3) is 5.08. The Morgan fingerprint density at radius 2 is 1.83 bits per heavy atom. The highest BCUT2D eigenvalue weighted by molar-refractivity contribution is 5.76. The van der Waals surface area contributed by atoms with Crippen molar-refractivity contribution < 1.29 is 18.8 Å². The van der Waals surface area contributed by atoms with E-state index in [0.717, 1.165) is 43.4 Å². The first kappa shape index (κ1) is 20.2. The molecule has 8 heteroatoms. The maximum absolute atomic E-state index is 12.4. The molecule has 0 radical (unpaired) electrons. The van der Waals surface area contributed by atoms with E-state index in [1.165, 1.54) is 19.3 Å². The molecule has 0 saturated heterocycles. The molecule has 4 saturated carbocycles. The van der Waals surface area contributed by atoms with Gasteiger partial charge in [-0.05, 0) is 62.2 Å². The van der Waals surface area contributed by atoms with E-state index in [0.29, 0.717) is 17.6 Å². The molecule has 2 amide bonds. The molecule has 29 heavy (non-hydrogen) atoms. The van der Waals surface area contributed by atoms with Gasteiger partial charge in [-0.25, -0.2) is 4.79 Å². The van der Waals surface area contributed by atoms with Crippen molar-refractivity contribution in [3.8, 4) is 0 Å². The Labute approximate surface area is 171 Å². The number of nitrogens with one attached hydrogen (secondary N) is 2. The Kier molecular flexibility index (Phi) is 5.79. The molecule has 0 aromatic carbocycles. The van der Waals surface area contributed by atoms with Gasteiger partial charge in [0.05, 0.1) is 6.42 Å². The largest absolute Gasteiger partial charge is 0.456 e. The molecule has 4 aliphatic rings. The lowest BCUT2D eigenvalue weighted by Crippen LogP contribution is -2.61. The Morgan fingerprint density at radius 3 is 2.45 bits per heavy atom. The smallest absolute Gasteiger partial charge is 0.315 e. The molecule has 5 rings (SSSR count). The van der Waals surface area contributed by atoms with Crippen LogP contribution in [0.25, 0.3) is 0 Å². The fourth-order valence-electron chi connectivity index (χ4n) is 5.84. The first-order chi connectivity index (χ1) is 13.9. The van der Waals surface area contributed by atoms with Crippen LogP contribution in [0, 0.1) is 23.7 Å². The standard InChI is InChI=1S/C21H32N4O4/c1-13(2)5-17-23-18(29-25-17)12-28-19(26)3-4-22-20(27)24-21-9-14-6-15(10-21)8-16(7-14)11-21/h13-16H,3-12H2,1-2H3,(H2,22,24,27). The van der Waals surface area contributed by atoms with E-state index in [9.17, 15) is 9.59 Å². The molecule has 4 aliphatic carbocycles. The molecule has 0 spiro atoms. The summed E-state index contributed by atoms with van der Waals surface area (Å²) in [5, 5.41) is 9.91. The van der Waals surface area contributed by atoms with Crippen LogP contribution in [0.15, 0.2) is 4.52 Å². The quantitative estimate of drug-likeness (QED) is 0.645. The van der Waals surface area contributed by atoms with Gasteiger partial charge in [0.25, 0.3) is 5.89 Å². The Hall–Kier alpha value is -2.12. The van der Waals surface area contributed by atoms with Crippen molar-refractivity contribution >= 4 is 12.0 Å². The highest BCUT2D eigenvalue weighted by Crippen LogP contribution is 2.55. The highest BCUT2D eigenvalue weighted by Gasteiger charge is 2.51. The lowest BCUT2D eigenvalue weighted by Gasteiger charge is -2.56. The van der Waals surface area contributed by atoms with E-state index in [1.54, 1.807) is 0 Å². The minimum atomic E-state index is -0.399. The van der Waals surface area contributed by atoms with Gasteiger partial charge in [-0.15, -0.1) is 0 Å². The average Bonchev–Trinajstić information content (AvgIpc) is 3.05.